The molecule has 0 bridgehead atoms. The van der Waals surface area contributed by atoms with Crippen molar-refractivity contribution in [1.82, 2.24) is 14.3 Å². The molecule has 1 aliphatic rings. The summed E-state index contributed by atoms with van der Waals surface area (Å²) in [6.45, 7) is 0. The number of Topliss-reactive ketones (excluding diaryl/α,β-unsaturated/α-hetero) is 1. The Bertz CT molecular complexity index is 1170. The van der Waals surface area contributed by atoms with Gasteiger partial charge < -0.3 is 9.88 Å². The third-order valence-corrected chi connectivity index (χ3v) is 5.03. The van der Waals surface area contributed by atoms with E-state index < -0.39 is 11.7 Å². The largest absolute Gasteiger partial charge is 0.344 e. The smallest absolute Gasteiger partial charge is 0.296 e. The monoisotopic (exact) mass is 370 g/mol. The van der Waals surface area contributed by atoms with Gasteiger partial charge in [-0.2, -0.15) is 5.10 Å². The summed E-state index contributed by atoms with van der Waals surface area (Å²) in [6, 6.07) is 17.2. The Kier molecular flexibility index (Phi) is 3.83. The van der Waals surface area contributed by atoms with Crippen LogP contribution in [0.1, 0.15) is 29.2 Å². The lowest BCUT2D eigenvalue weighted by Gasteiger charge is -2.06. The second-order valence-electron chi connectivity index (χ2n) is 6.98. The summed E-state index contributed by atoms with van der Waals surface area (Å²) < 4.78 is 3.85. The predicted octanol–water partition coefficient (Wildman–Crippen LogP) is 3.98. The second kappa shape index (κ2) is 6.49. The second-order valence-corrected chi connectivity index (χ2v) is 6.98. The van der Waals surface area contributed by atoms with Crippen molar-refractivity contribution in [2.75, 3.05) is 5.32 Å². The number of fused-ring (bicyclic) bond motifs is 1. The SMILES string of the molecule is O=C(Nc1ccc(-n2cccn2)cc1)C(=O)c1cn(C2CC2)c2ccccc12. The Morgan fingerprint density at radius 2 is 1.79 bits per heavy atom. The maximum atomic E-state index is 12.8. The van der Waals surface area contributed by atoms with Crippen molar-refractivity contribution in [3.8, 4) is 5.69 Å². The van der Waals surface area contributed by atoms with Gasteiger partial charge in [-0.05, 0) is 49.2 Å². The lowest BCUT2D eigenvalue weighted by Crippen LogP contribution is -2.22. The normalized spacial score (nSPS) is 13.6. The van der Waals surface area contributed by atoms with Crippen LogP contribution in [0.2, 0.25) is 0 Å². The zero-order valence-electron chi connectivity index (χ0n) is 15.1. The average Bonchev–Trinajstić information content (AvgIpc) is 3.28. The fraction of sp³-hybridized carbons (Fsp3) is 0.136. The number of benzene rings is 2. The maximum Gasteiger partial charge on any atom is 0.296 e. The fourth-order valence-electron chi connectivity index (χ4n) is 3.47. The number of nitrogens with one attached hydrogen (secondary N) is 1. The number of amides is 1. The van der Waals surface area contributed by atoms with Crippen LogP contribution in [0.3, 0.4) is 0 Å². The van der Waals surface area contributed by atoms with Gasteiger partial charge in [-0.1, -0.05) is 18.2 Å². The molecule has 1 fully saturated rings. The zero-order chi connectivity index (χ0) is 19.1. The number of nitrogens with zero attached hydrogens (tertiary/aromatic N) is 3. The van der Waals surface area contributed by atoms with Gasteiger partial charge >= 0.3 is 0 Å². The minimum absolute atomic E-state index is 0.435. The number of anilines is 1. The third kappa shape index (κ3) is 2.89. The van der Waals surface area contributed by atoms with Crippen molar-refractivity contribution >= 4 is 28.3 Å². The van der Waals surface area contributed by atoms with E-state index >= 15 is 0 Å². The first-order valence-electron chi connectivity index (χ1n) is 9.26. The summed E-state index contributed by atoms with van der Waals surface area (Å²) >= 11 is 0. The number of rotatable bonds is 5. The van der Waals surface area contributed by atoms with Gasteiger partial charge in [0.2, 0.25) is 0 Å². The van der Waals surface area contributed by atoms with Gasteiger partial charge in [0, 0.05) is 41.2 Å². The molecule has 0 atom stereocenters. The number of carbonyl (C=O) groups excluding carboxylic acids is 2. The Balaban J connectivity index is 1.39. The number of hydrogen-bond acceptors (Lipinski definition) is 3. The summed E-state index contributed by atoms with van der Waals surface area (Å²) in [5.74, 6) is -1.16. The van der Waals surface area contributed by atoms with Crippen LogP contribution < -0.4 is 5.32 Å². The van der Waals surface area contributed by atoms with Gasteiger partial charge in [0.1, 0.15) is 0 Å². The maximum absolute atomic E-state index is 12.8. The van der Waals surface area contributed by atoms with Crippen LogP contribution in [0.4, 0.5) is 5.69 Å². The van der Waals surface area contributed by atoms with Crippen LogP contribution in [0, 0.1) is 0 Å². The van der Waals surface area contributed by atoms with Crippen LogP contribution in [0.15, 0.2) is 73.2 Å². The van der Waals surface area contributed by atoms with E-state index in [0.29, 0.717) is 17.3 Å². The van der Waals surface area contributed by atoms with Gasteiger partial charge in [0.05, 0.1) is 11.3 Å². The van der Waals surface area contributed by atoms with Gasteiger partial charge in [0.15, 0.2) is 0 Å². The number of ketones is 1. The molecule has 1 aliphatic carbocycles. The van der Waals surface area contributed by atoms with Crippen LogP contribution in [0.25, 0.3) is 16.6 Å². The average molecular weight is 370 g/mol. The molecule has 5 rings (SSSR count). The van der Waals surface area contributed by atoms with Crippen molar-refractivity contribution in [3.05, 3.63) is 78.8 Å². The summed E-state index contributed by atoms with van der Waals surface area (Å²) in [6.07, 6.45) is 7.59. The van der Waals surface area contributed by atoms with E-state index in [9.17, 15) is 9.59 Å². The lowest BCUT2D eigenvalue weighted by molar-refractivity contribution is -0.112. The number of hydrogen-bond donors (Lipinski definition) is 1. The standard InChI is InChI=1S/C22H18N4O2/c27-21(19-14-25(16-10-11-16)20-5-2-1-4-18(19)20)22(28)24-15-6-8-17(9-7-15)26-13-3-12-23-26/h1-9,12-14,16H,10-11H2,(H,24,28). The van der Waals surface area contributed by atoms with E-state index in [1.165, 1.54) is 0 Å². The number of para-hydroxylation sites is 1. The molecule has 1 amide bonds. The minimum Gasteiger partial charge on any atom is -0.344 e. The van der Waals surface area contributed by atoms with Crippen LogP contribution in [0.5, 0.6) is 0 Å². The molecule has 1 saturated carbocycles. The third-order valence-electron chi connectivity index (χ3n) is 5.03. The van der Waals surface area contributed by atoms with Crippen LogP contribution >= 0.6 is 0 Å². The first-order chi connectivity index (χ1) is 13.7. The van der Waals surface area contributed by atoms with Gasteiger partial charge in [0.25, 0.3) is 11.7 Å². The van der Waals surface area contributed by atoms with E-state index in [2.05, 4.69) is 15.0 Å². The minimum atomic E-state index is -0.634. The first kappa shape index (κ1) is 16.5. The Morgan fingerprint density at radius 1 is 1.00 bits per heavy atom. The van der Waals surface area contributed by atoms with Gasteiger partial charge in [-0.15, -0.1) is 0 Å². The molecule has 0 radical (unpaired) electrons. The highest BCUT2D eigenvalue weighted by Gasteiger charge is 2.28. The van der Waals surface area contributed by atoms with Crippen molar-refractivity contribution in [2.24, 2.45) is 0 Å². The molecular weight excluding hydrogens is 352 g/mol. The molecule has 0 saturated heterocycles. The van der Waals surface area contributed by atoms with Crippen molar-refractivity contribution in [2.45, 2.75) is 18.9 Å². The molecule has 28 heavy (non-hydrogen) atoms. The molecule has 0 aliphatic heterocycles. The van der Waals surface area contributed by atoms with Crippen molar-refractivity contribution < 1.29 is 9.59 Å². The summed E-state index contributed by atoms with van der Waals surface area (Å²) in [4.78, 5) is 25.4. The Hall–Kier alpha value is -3.67. The Morgan fingerprint density at radius 3 is 2.50 bits per heavy atom. The molecule has 4 aromatic rings. The number of aromatic nitrogens is 3. The quantitative estimate of drug-likeness (QED) is 0.427. The molecular formula is C22H18N4O2. The molecule has 0 spiro atoms. The highest BCUT2D eigenvalue weighted by atomic mass is 16.2. The van der Waals surface area contributed by atoms with Crippen LogP contribution in [-0.2, 0) is 4.79 Å². The van der Waals surface area contributed by atoms with E-state index in [1.807, 2.05) is 54.9 Å². The molecule has 0 unspecified atom stereocenters. The molecule has 2 aromatic carbocycles. The number of carbonyl (C=O) groups is 2. The van der Waals surface area contributed by atoms with E-state index in [1.54, 1.807) is 23.0 Å². The zero-order valence-corrected chi connectivity index (χ0v) is 15.1. The van der Waals surface area contributed by atoms with E-state index in [4.69, 9.17) is 0 Å². The van der Waals surface area contributed by atoms with Crippen molar-refractivity contribution in [3.63, 3.8) is 0 Å². The van der Waals surface area contributed by atoms with E-state index in [0.717, 1.165) is 29.4 Å². The molecule has 6 nitrogen and oxygen atoms in total. The van der Waals surface area contributed by atoms with E-state index in [-0.39, 0.29) is 0 Å². The lowest BCUT2D eigenvalue weighted by atomic mass is 10.1. The van der Waals surface area contributed by atoms with Gasteiger partial charge in [-0.3, -0.25) is 9.59 Å². The molecule has 1 N–H and O–H groups in total. The molecule has 6 heteroatoms. The molecule has 138 valence electrons. The Labute approximate surface area is 161 Å². The molecule has 2 heterocycles. The highest BCUT2D eigenvalue weighted by molar-refractivity contribution is 6.48. The topological polar surface area (TPSA) is 68.9 Å². The first-order valence-corrected chi connectivity index (χ1v) is 9.26. The summed E-state index contributed by atoms with van der Waals surface area (Å²) in [5.41, 5.74) is 2.90. The van der Waals surface area contributed by atoms with Crippen LogP contribution in [-0.4, -0.2) is 26.0 Å². The predicted molar refractivity (Wildman–Crippen MR) is 107 cm³/mol. The summed E-state index contributed by atoms with van der Waals surface area (Å²) in [5, 5.41) is 7.70. The summed E-state index contributed by atoms with van der Waals surface area (Å²) in [7, 11) is 0. The highest BCUT2D eigenvalue weighted by Crippen LogP contribution is 2.39. The van der Waals surface area contributed by atoms with Crippen molar-refractivity contribution in [1.29, 1.82) is 0 Å². The van der Waals surface area contributed by atoms with Gasteiger partial charge in [-0.25, -0.2) is 4.68 Å². The fourth-order valence-corrected chi connectivity index (χ4v) is 3.47. The molecule has 2 aromatic heterocycles.